The summed E-state index contributed by atoms with van der Waals surface area (Å²) in [5, 5.41) is 10.2. The van der Waals surface area contributed by atoms with E-state index < -0.39 is 0 Å². The van der Waals surface area contributed by atoms with Gasteiger partial charge in [0.25, 0.3) is 0 Å². The number of fused-ring (bicyclic) bond motifs is 3. The van der Waals surface area contributed by atoms with Crippen molar-refractivity contribution in [1.82, 2.24) is 9.38 Å². The standard InChI is InChI=1S/C29H23N3O2S/c1-33-22-14-21(15-23(17-22)34-2)28-16-20(11-8-19-9-12-24(35-3)13-10-19)25(18-30)29-31-26-6-4-5-7-27(26)32(28)29/h4-17H,1-3H3. The summed E-state index contributed by atoms with van der Waals surface area (Å²) in [6.07, 6.45) is 6.06. The van der Waals surface area contributed by atoms with Crippen LogP contribution in [0.3, 0.4) is 0 Å². The molecule has 3 aromatic carbocycles. The molecule has 172 valence electrons. The van der Waals surface area contributed by atoms with Crippen LogP contribution in [0.15, 0.2) is 77.7 Å². The molecule has 6 heteroatoms. The molecule has 0 spiro atoms. The van der Waals surface area contributed by atoms with Gasteiger partial charge < -0.3 is 9.47 Å². The lowest BCUT2D eigenvalue weighted by molar-refractivity contribution is 0.394. The summed E-state index contributed by atoms with van der Waals surface area (Å²) in [5.41, 5.74) is 6.54. The average molecular weight is 478 g/mol. The van der Waals surface area contributed by atoms with Gasteiger partial charge in [-0.1, -0.05) is 36.4 Å². The third-order valence-corrected chi connectivity index (χ3v) is 6.68. The molecule has 0 saturated carbocycles. The number of hydrogen-bond donors (Lipinski definition) is 0. The molecule has 35 heavy (non-hydrogen) atoms. The van der Waals surface area contributed by atoms with Gasteiger partial charge in [0.05, 0.1) is 30.9 Å². The zero-order chi connectivity index (χ0) is 24.4. The van der Waals surface area contributed by atoms with Crippen LogP contribution in [0, 0.1) is 11.3 Å². The Bertz CT molecular complexity index is 1590. The van der Waals surface area contributed by atoms with Crippen molar-refractivity contribution in [2.75, 3.05) is 20.5 Å². The summed E-state index contributed by atoms with van der Waals surface area (Å²) in [5.74, 6) is 1.37. The van der Waals surface area contributed by atoms with Crippen LogP contribution in [-0.4, -0.2) is 29.9 Å². The molecule has 2 heterocycles. The fraction of sp³-hybridized carbons (Fsp3) is 0.103. The van der Waals surface area contributed by atoms with Crippen LogP contribution in [-0.2, 0) is 0 Å². The first kappa shape index (κ1) is 22.6. The molecule has 0 amide bonds. The first-order valence-electron chi connectivity index (χ1n) is 11.0. The van der Waals surface area contributed by atoms with E-state index in [4.69, 9.17) is 14.5 Å². The monoisotopic (exact) mass is 477 g/mol. The molecule has 0 aliphatic carbocycles. The molecule has 0 unspecified atom stereocenters. The Morgan fingerprint density at radius 3 is 2.29 bits per heavy atom. The number of pyridine rings is 1. The van der Waals surface area contributed by atoms with Gasteiger partial charge >= 0.3 is 0 Å². The molecular formula is C29H23N3O2S. The zero-order valence-electron chi connectivity index (χ0n) is 19.6. The number of rotatable bonds is 6. The largest absolute Gasteiger partial charge is 0.497 e. The van der Waals surface area contributed by atoms with Crippen molar-refractivity contribution in [3.63, 3.8) is 0 Å². The molecule has 0 fully saturated rings. The first-order valence-corrected chi connectivity index (χ1v) is 12.3. The Morgan fingerprint density at radius 1 is 0.914 bits per heavy atom. The predicted octanol–water partition coefficient (Wildman–Crippen LogP) is 6.94. The highest BCUT2D eigenvalue weighted by atomic mass is 32.2. The van der Waals surface area contributed by atoms with Crippen molar-refractivity contribution in [2.45, 2.75) is 4.90 Å². The lowest BCUT2D eigenvalue weighted by Crippen LogP contribution is -1.99. The lowest BCUT2D eigenvalue weighted by atomic mass is 10.0. The van der Waals surface area contributed by atoms with Crippen LogP contribution in [0.25, 0.3) is 40.1 Å². The van der Waals surface area contributed by atoms with Crippen molar-refractivity contribution in [2.24, 2.45) is 0 Å². The Labute approximate surface area is 208 Å². The van der Waals surface area contributed by atoms with E-state index >= 15 is 0 Å². The molecule has 2 aromatic heterocycles. The number of ether oxygens (including phenoxy) is 2. The molecule has 0 radical (unpaired) electrons. The Hall–Kier alpha value is -4.21. The Kier molecular flexibility index (Phi) is 6.17. The molecule has 5 aromatic rings. The molecule has 0 aliphatic heterocycles. The molecule has 0 N–H and O–H groups in total. The van der Waals surface area contributed by atoms with Gasteiger partial charge in [-0.2, -0.15) is 5.26 Å². The number of nitriles is 1. The number of imidazole rings is 1. The van der Waals surface area contributed by atoms with Crippen LogP contribution >= 0.6 is 11.8 Å². The number of thioether (sulfide) groups is 1. The maximum Gasteiger partial charge on any atom is 0.157 e. The molecule has 0 aliphatic rings. The van der Waals surface area contributed by atoms with Crippen LogP contribution < -0.4 is 9.47 Å². The van der Waals surface area contributed by atoms with Crippen LogP contribution in [0.2, 0.25) is 0 Å². The second-order valence-electron chi connectivity index (χ2n) is 7.94. The van der Waals surface area contributed by atoms with E-state index in [0.717, 1.165) is 33.4 Å². The summed E-state index contributed by atoms with van der Waals surface area (Å²) in [6.45, 7) is 0. The van der Waals surface area contributed by atoms with Gasteiger partial charge in [0.2, 0.25) is 0 Å². The van der Waals surface area contributed by atoms with E-state index in [1.807, 2.05) is 65.1 Å². The molecule has 0 atom stereocenters. The van der Waals surface area contributed by atoms with E-state index in [1.54, 1.807) is 26.0 Å². The SMILES string of the molecule is COc1cc(OC)cc(-c2cc(C=Cc3ccc(SC)cc3)c(C#N)c3nc4ccccc4n23)c1. The van der Waals surface area contributed by atoms with Gasteiger partial charge in [-0.25, -0.2) is 4.98 Å². The molecule has 5 rings (SSSR count). The van der Waals surface area contributed by atoms with Crippen molar-refractivity contribution in [1.29, 1.82) is 5.26 Å². The van der Waals surface area contributed by atoms with Crippen LogP contribution in [0.5, 0.6) is 11.5 Å². The van der Waals surface area contributed by atoms with E-state index in [2.05, 4.69) is 36.6 Å². The van der Waals surface area contributed by atoms with Gasteiger partial charge in [-0.05, 0) is 59.8 Å². The molecule has 0 saturated heterocycles. The summed E-state index contributed by atoms with van der Waals surface area (Å²) in [6, 6.07) is 26.4. The molecule has 0 bridgehead atoms. The van der Waals surface area contributed by atoms with Crippen molar-refractivity contribution in [3.8, 4) is 28.8 Å². The van der Waals surface area contributed by atoms with Gasteiger partial charge in [0, 0.05) is 16.5 Å². The second-order valence-corrected chi connectivity index (χ2v) is 8.82. The predicted molar refractivity (Wildman–Crippen MR) is 143 cm³/mol. The zero-order valence-corrected chi connectivity index (χ0v) is 20.5. The van der Waals surface area contributed by atoms with Crippen molar-refractivity contribution >= 4 is 40.6 Å². The van der Waals surface area contributed by atoms with Gasteiger partial charge in [0.1, 0.15) is 23.1 Å². The van der Waals surface area contributed by atoms with Crippen LogP contribution in [0.4, 0.5) is 0 Å². The smallest absolute Gasteiger partial charge is 0.157 e. The number of hydrogen-bond acceptors (Lipinski definition) is 5. The maximum absolute atomic E-state index is 10.2. The number of para-hydroxylation sites is 2. The number of benzene rings is 3. The number of aromatic nitrogens is 2. The van der Waals surface area contributed by atoms with E-state index in [1.165, 1.54) is 4.90 Å². The number of methoxy groups -OCH3 is 2. The highest BCUT2D eigenvalue weighted by Crippen LogP contribution is 2.35. The van der Waals surface area contributed by atoms with E-state index in [9.17, 15) is 5.26 Å². The summed E-state index contributed by atoms with van der Waals surface area (Å²) < 4.78 is 13.1. The maximum atomic E-state index is 10.2. The Morgan fingerprint density at radius 2 is 1.63 bits per heavy atom. The van der Waals surface area contributed by atoms with Crippen LogP contribution in [0.1, 0.15) is 16.7 Å². The minimum atomic E-state index is 0.525. The summed E-state index contributed by atoms with van der Waals surface area (Å²) in [4.78, 5) is 6.04. The summed E-state index contributed by atoms with van der Waals surface area (Å²) in [7, 11) is 3.27. The van der Waals surface area contributed by atoms with E-state index in [0.29, 0.717) is 22.7 Å². The highest BCUT2D eigenvalue weighted by molar-refractivity contribution is 7.98. The fourth-order valence-electron chi connectivity index (χ4n) is 4.17. The lowest BCUT2D eigenvalue weighted by Gasteiger charge is -2.13. The normalized spacial score (nSPS) is 11.3. The topological polar surface area (TPSA) is 59.5 Å². The third kappa shape index (κ3) is 4.23. The first-order chi connectivity index (χ1) is 17.1. The quantitative estimate of drug-likeness (QED) is 0.248. The minimum absolute atomic E-state index is 0.525. The fourth-order valence-corrected chi connectivity index (χ4v) is 4.57. The van der Waals surface area contributed by atoms with Gasteiger partial charge in [-0.3, -0.25) is 4.40 Å². The minimum Gasteiger partial charge on any atom is -0.497 e. The summed E-state index contributed by atoms with van der Waals surface area (Å²) >= 11 is 1.71. The second kappa shape index (κ2) is 9.57. The Balaban J connectivity index is 1.78. The van der Waals surface area contributed by atoms with E-state index in [-0.39, 0.29) is 0 Å². The van der Waals surface area contributed by atoms with Crippen molar-refractivity contribution < 1.29 is 9.47 Å². The average Bonchev–Trinajstić information content (AvgIpc) is 3.30. The van der Waals surface area contributed by atoms with Gasteiger partial charge in [-0.15, -0.1) is 11.8 Å². The number of nitrogens with zero attached hydrogens (tertiary/aromatic N) is 3. The third-order valence-electron chi connectivity index (χ3n) is 5.94. The van der Waals surface area contributed by atoms with Crippen molar-refractivity contribution in [3.05, 3.63) is 89.5 Å². The highest BCUT2D eigenvalue weighted by Gasteiger charge is 2.18. The molecular weight excluding hydrogens is 454 g/mol. The van der Waals surface area contributed by atoms with Gasteiger partial charge in [0.15, 0.2) is 5.65 Å². The molecule has 5 nitrogen and oxygen atoms in total.